The quantitative estimate of drug-likeness (QED) is 0.332. The van der Waals surface area contributed by atoms with Gasteiger partial charge in [-0.05, 0) is 49.3 Å². The molecule has 0 heterocycles. The third-order valence-electron chi connectivity index (χ3n) is 4.27. The van der Waals surface area contributed by atoms with Gasteiger partial charge in [-0.2, -0.15) is 18.1 Å². The minimum absolute atomic E-state index is 0. The van der Waals surface area contributed by atoms with Crippen molar-refractivity contribution in [3.8, 4) is 5.75 Å². The number of phenolic OH excluding ortho intramolecular Hbond substituents is 1. The van der Waals surface area contributed by atoms with Crippen molar-refractivity contribution in [3.05, 3.63) is 70.6 Å². The number of likely N-dealkylation sites (N-methyl/N-ethyl adjacent to an activating group) is 1. The number of fused-ring (bicyclic) bond motifs is 1. The van der Waals surface area contributed by atoms with Crippen LogP contribution in [0.25, 0.3) is 0 Å². The third kappa shape index (κ3) is 12.0. The Kier molecular flexibility index (Phi) is 19.0. The van der Waals surface area contributed by atoms with Crippen LogP contribution in [0.4, 0.5) is 0 Å². The molecule has 30 heavy (non-hydrogen) atoms. The predicted octanol–water partition coefficient (Wildman–Crippen LogP) is 6.70. The average molecular weight is 524 g/mol. The first kappa shape index (κ1) is 34.5. The monoisotopic (exact) mass is 522 g/mol. The van der Waals surface area contributed by atoms with Crippen molar-refractivity contribution >= 4 is 45.9 Å². The molecule has 0 spiro atoms. The molecule has 0 saturated heterocycles. The summed E-state index contributed by atoms with van der Waals surface area (Å²) in [6, 6.07) is 14.4. The van der Waals surface area contributed by atoms with Crippen LogP contribution >= 0.6 is 36.4 Å². The summed E-state index contributed by atoms with van der Waals surface area (Å²) in [6.07, 6.45) is 3.51. The van der Waals surface area contributed by atoms with Crippen molar-refractivity contribution in [2.75, 3.05) is 14.1 Å². The molecule has 1 unspecified atom stereocenters. The Morgan fingerprint density at radius 1 is 1.07 bits per heavy atom. The topological polar surface area (TPSA) is 23.5 Å². The van der Waals surface area contributed by atoms with Crippen molar-refractivity contribution in [2.24, 2.45) is 0 Å². The zero-order valence-electron chi connectivity index (χ0n) is 19.0. The van der Waals surface area contributed by atoms with E-state index in [1.807, 2.05) is 6.07 Å². The van der Waals surface area contributed by atoms with Gasteiger partial charge in [-0.25, -0.2) is 0 Å². The van der Waals surface area contributed by atoms with Gasteiger partial charge in [0.1, 0.15) is 5.75 Å². The number of benzene rings is 2. The zero-order valence-corrected chi connectivity index (χ0v) is 23.9. The van der Waals surface area contributed by atoms with Gasteiger partial charge in [0.2, 0.25) is 0 Å². The van der Waals surface area contributed by atoms with Crippen LogP contribution < -0.4 is 0 Å². The molecule has 1 atom stereocenters. The largest absolute Gasteiger partial charge is 0.508 e. The second-order valence-electron chi connectivity index (χ2n) is 8.05. The summed E-state index contributed by atoms with van der Waals surface area (Å²) < 4.78 is 0. The smallest absolute Gasteiger partial charge is 0.117 e. The maximum atomic E-state index is 9.27. The van der Waals surface area contributed by atoms with Crippen molar-refractivity contribution in [1.82, 2.24) is 4.90 Å². The minimum Gasteiger partial charge on any atom is -0.508 e. The van der Waals surface area contributed by atoms with Crippen molar-refractivity contribution in [1.29, 1.82) is 0 Å². The molecule has 2 aromatic rings. The van der Waals surface area contributed by atoms with Gasteiger partial charge in [0.25, 0.3) is 0 Å². The summed E-state index contributed by atoms with van der Waals surface area (Å²) in [5.74, 6) is 0.229. The Hall–Kier alpha value is -0.129. The molecule has 0 fully saturated rings. The maximum absolute atomic E-state index is 9.27. The number of aromatic hydroxyl groups is 1. The molecular formula is C23H35Cl3NOSiTi-. The van der Waals surface area contributed by atoms with Crippen LogP contribution in [0.2, 0.25) is 18.1 Å². The number of hydrogen-bond acceptors (Lipinski definition) is 2. The molecule has 3 rings (SSSR count). The third-order valence-corrected chi connectivity index (χ3v) is 4.49. The second kappa shape index (κ2) is 16.5. The van der Waals surface area contributed by atoms with Gasteiger partial charge in [-0.3, -0.25) is 0 Å². The summed E-state index contributed by atoms with van der Waals surface area (Å²) in [5.41, 5.74) is 3.97. The van der Waals surface area contributed by atoms with Crippen molar-refractivity contribution < 1.29 is 26.8 Å². The van der Waals surface area contributed by atoms with E-state index in [0.717, 1.165) is 15.1 Å². The summed E-state index contributed by atoms with van der Waals surface area (Å²) >= 11 is 5.80. The van der Waals surface area contributed by atoms with Gasteiger partial charge in [0.05, 0.1) is 0 Å². The molecule has 1 aliphatic carbocycles. The van der Waals surface area contributed by atoms with Gasteiger partial charge in [0.15, 0.2) is 0 Å². The molecule has 2 radical (unpaired) electrons. The van der Waals surface area contributed by atoms with Gasteiger partial charge in [-0.15, -0.1) is 42.5 Å². The first-order chi connectivity index (χ1) is 12.6. The number of phenols is 1. The van der Waals surface area contributed by atoms with E-state index in [2.05, 4.69) is 83.5 Å². The van der Waals surface area contributed by atoms with Crippen LogP contribution in [0, 0.1) is 6.42 Å². The number of halogens is 3. The van der Waals surface area contributed by atoms with E-state index in [0.29, 0.717) is 11.1 Å². The van der Waals surface area contributed by atoms with Gasteiger partial charge in [0, 0.05) is 36.3 Å². The van der Waals surface area contributed by atoms with Gasteiger partial charge in [-0.1, -0.05) is 58.0 Å². The van der Waals surface area contributed by atoms with E-state index in [1.165, 1.54) is 23.6 Å². The number of nitrogens with zero attached hydrogens (tertiary/aromatic N) is 1. The fourth-order valence-electron chi connectivity index (χ4n) is 2.71. The van der Waals surface area contributed by atoms with Crippen LogP contribution in [0.1, 0.15) is 37.5 Å². The molecular weight excluding hydrogens is 489 g/mol. The average Bonchev–Trinajstić information content (AvgIpc) is 2.99. The molecule has 7 heteroatoms. The first-order valence-corrected chi connectivity index (χ1v) is 11.6. The standard InChI is InChI=1S/C11H14N.C10H13ClO.C2H6Si.2ClH.Ti/c1-12(2)11-7-9-5-3-4-6-10(9)8-11;1-10(2,3)7-4-8(11)6-9(12)5-7;1-3-2;;;/h3-7,11H,8H2,1-2H3;4-6,12H,1-3H3;1-2H3;2*1H;/q-1;;;;;. The first-order valence-electron chi connectivity index (χ1n) is 9.26. The van der Waals surface area contributed by atoms with E-state index in [4.69, 9.17) is 11.6 Å². The van der Waals surface area contributed by atoms with E-state index >= 15 is 0 Å². The fourth-order valence-corrected chi connectivity index (χ4v) is 2.94. The van der Waals surface area contributed by atoms with Crippen molar-refractivity contribution in [2.45, 2.75) is 51.7 Å². The van der Waals surface area contributed by atoms with E-state index in [-0.39, 0.29) is 57.7 Å². The van der Waals surface area contributed by atoms with Crippen molar-refractivity contribution in [3.63, 3.8) is 0 Å². The molecule has 0 aromatic heterocycles. The number of rotatable bonds is 1. The zero-order chi connectivity index (χ0) is 20.6. The molecule has 2 nitrogen and oxygen atoms in total. The Labute approximate surface area is 218 Å². The molecule has 168 valence electrons. The predicted molar refractivity (Wildman–Crippen MR) is 135 cm³/mol. The minimum atomic E-state index is 0. The molecule has 0 amide bonds. The molecule has 2 aromatic carbocycles. The van der Waals surface area contributed by atoms with E-state index < -0.39 is 0 Å². The van der Waals surface area contributed by atoms with Gasteiger partial charge >= 0.3 is 0 Å². The van der Waals surface area contributed by atoms with Crippen LogP contribution in [-0.2, 0) is 33.6 Å². The SMILES string of the molecule is CC(C)(C)c1cc(O)cc(Cl)c1.CN(C)C1[CH-]c2ccccc2C1.C[Si]C.Cl.Cl.[Ti]. The maximum Gasteiger partial charge on any atom is 0.117 e. The normalized spacial score (nSPS) is 13.6. The molecule has 1 N–H and O–H groups in total. The summed E-state index contributed by atoms with van der Waals surface area (Å²) in [6.45, 7) is 10.5. The van der Waals surface area contributed by atoms with Crippen LogP contribution in [0.5, 0.6) is 5.75 Å². The molecule has 1 aliphatic rings. The second-order valence-corrected chi connectivity index (χ2v) is 9.49. The Morgan fingerprint density at radius 3 is 2.03 bits per heavy atom. The summed E-state index contributed by atoms with van der Waals surface area (Å²) in [4.78, 5) is 2.26. The van der Waals surface area contributed by atoms with Crippen LogP contribution in [-0.4, -0.2) is 39.7 Å². The number of hydrogen-bond donors (Lipinski definition) is 1. The molecule has 0 bridgehead atoms. The van der Waals surface area contributed by atoms with Gasteiger partial charge < -0.3 is 10.0 Å². The van der Waals surface area contributed by atoms with Crippen LogP contribution in [0.15, 0.2) is 42.5 Å². The summed E-state index contributed by atoms with van der Waals surface area (Å²) in [7, 11) is 5.35. The Balaban J connectivity index is -0.000000395. The molecule has 0 aliphatic heterocycles. The van der Waals surface area contributed by atoms with E-state index in [9.17, 15) is 5.11 Å². The van der Waals surface area contributed by atoms with Crippen LogP contribution in [0.3, 0.4) is 0 Å². The fraction of sp³-hybridized carbons (Fsp3) is 0.435. The molecule has 0 saturated carbocycles. The van der Waals surface area contributed by atoms with E-state index in [1.54, 1.807) is 6.07 Å². The Morgan fingerprint density at radius 2 is 1.60 bits per heavy atom. The Bertz CT molecular complexity index is 679. The summed E-state index contributed by atoms with van der Waals surface area (Å²) in [5, 5.41) is 9.86.